The van der Waals surface area contributed by atoms with Crippen LogP contribution in [0.5, 0.6) is 0 Å². The maximum absolute atomic E-state index is 12.6. The lowest BCUT2D eigenvalue weighted by molar-refractivity contribution is -0.115. The van der Waals surface area contributed by atoms with Crippen molar-refractivity contribution in [1.29, 1.82) is 0 Å². The summed E-state index contributed by atoms with van der Waals surface area (Å²) in [6.07, 6.45) is 2.93. The van der Waals surface area contributed by atoms with E-state index in [2.05, 4.69) is 19.2 Å². The molecule has 0 heterocycles. The van der Waals surface area contributed by atoms with Gasteiger partial charge in [-0.2, -0.15) is 0 Å². The Hall–Kier alpha value is -2.35. The van der Waals surface area contributed by atoms with Crippen LogP contribution in [0.3, 0.4) is 0 Å². The van der Waals surface area contributed by atoms with Gasteiger partial charge in [0.05, 0.1) is 0 Å². The second kappa shape index (κ2) is 8.18. The van der Waals surface area contributed by atoms with Gasteiger partial charge in [0, 0.05) is 12.1 Å². The lowest BCUT2D eigenvalue weighted by atomic mass is 10.0. The highest BCUT2D eigenvalue weighted by atomic mass is 16.1. The number of carbonyl (C=O) groups excluding carboxylic acids is 1. The number of hydrogen-bond donors (Lipinski definition) is 1. The quantitative estimate of drug-likeness (QED) is 0.621. The van der Waals surface area contributed by atoms with Gasteiger partial charge in [-0.3, -0.25) is 4.79 Å². The van der Waals surface area contributed by atoms with Crippen molar-refractivity contribution >= 4 is 17.6 Å². The molecule has 2 rings (SSSR count). The molecule has 0 bridgehead atoms. The first kappa shape index (κ1) is 16.0. The van der Waals surface area contributed by atoms with Crippen LogP contribution in [0.25, 0.3) is 11.6 Å². The van der Waals surface area contributed by atoms with Crippen LogP contribution in [0.15, 0.2) is 60.7 Å². The molecule has 0 atom stereocenters. The maximum Gasteiger partial charge on any atom is 0.251 e. The fourth-order valence-corrected chi connectivity index (χ4v) is 2.18. The fraction of sp³-hybridized carbons (Fsp3) is 0.250. The van der Waals surface area contributed by atoms with Crippen LogP contribution in [-0.4, -0.2) is 12.5 Å². The molecule has 2 aromatic carbocycles. The van der Waals surface area contributed by atoms with Crippen molar-refractivity contribution in [2.45, 2.75) is 20.3 Å². The minimum absolute atomic E-state index is 0.0179. The van der Waals surface area contributed by atoms with Gasteiger partial charge < -0.3 is 5.32 Å². The van der Waals surface area contributed by atoms with Gasteiger partial charge in [0.15, 0.2) is 0 Å². The third kappa shape index (κ3) is 4.88. The molecule has 2 nitrogen and oxygen atoms in total. The summed E-state index contributed by atoms with van der Waals surface area (Å²) < 4.78 is 0. The molecule has 0 saturated carbocycles. The summed E-state index contributed by atoms with van der Waals surface area (Å²) >= 11 is 0. The summed E-state index contributed by atoms with van der Waals surface area (Å²) in [5, 5.41) is 3.03. The molecule has 1 amide bonds. The SMILES string of the molecule is CC(C)CCNC(=O)C(=Cc1ccccc1)c1ccccc1. The van der Waals surface area contributed by atoms with E-state index in [9.17, 15) is 4.79 Å². The standard InChI is InChI=1S/C20H23NO/c1-16(2)13-14-21-20(22)19(18-11-7-4-8-12-18)15-17-9-5-3-6-10-17/h3-12,15-16H,13-14H2,1-2H3,(H,21,22). The van der Waals surface area contributed by atoms with Crippen LogP contribution >= 0.6 is 0 Å². The van der Waals surface area contributed by atoms with Crippen molar-refractivity contribution < 1.29 is 4.79 Å². The van der Waals surface area contributed by atoms with Crippen LogP contribution in [0.4, 0.5) is 0 Å². The van der Waals surface area contributed by atoms with Crippen molar-refractivity contribution in [3.8, 4) is 0 Å². The van der Waals surface area contributed by atoms with Crippen LogP contribution in [0.2, 0.25) is 0 Å². The monoisotopic (exact) mass is 293 g/mol. The molecule has 0 aliphatic carbocycles. The Morgan fingerprint density at radius 2 is 1.59 bits per heavy atom. The summed E-state index contributed by atoms with van der Waals surface area (Å²) in [4.78, 5) is 12.6. The van der Waals surface area contributed by atoms with E-state index < -0.39 is 0 Å². The number of nitrogens with one attached hydrogen (secondary N) is 1. The van der Waals surface area contributed by atoms with Crippen molar-refractivity contribution in [3.63, 3.8) is 0 Å². The zero-order valence-corrected chi connectivity index (χ0v) is 13.3. The first-order valence-electron chi connectivity index (χ1n) is 7.77. The largest absolute Gasteiger partial charge is 0.352 e. The Kier molecular flexibility index (Phi) is 5.96. The third-order valence-corrected chi connectivity index (χ3v) is 3.45. The Bertz CT molecular complexity index is 615. The second-order valence-corrected chi connectivity index (χ2v) is 5.77. The van der Waals surface area contributed by atoms with Gasteiger partial charge in [-0.15, -0.1) is 0 Å². The molecular weight excluding hydrogens is 270 g/mol. The summed E-state index contributed by atoms with van der Waals surface area (Å²) in [5.74, 6) is 0.564. The summed E-state index contributed by atoms with van der Waals surface area (Å²) in [5.41, 5.74) is 2.67. The number of amides is 1. The molecule has 0 saturated heterocycles. The Morgan fingerprint density at radius 1 is 1.00 bits per heavy atom. The Balaban J connectivity index is 2.23. The minimum Gasteiger partial charge on any atom is -0.352 e. The van der Waals surface area contributed by atoms with Crippen molar-refractivity contribution in [2.24, 2.45) is 5.92 Å². The number of rotatable bonds is 6. The van der Waals surface area contributed by atoms with Gasteiger partial charge in [0.1, 0.15) is 0 Å². The predicted octanol–water partition coefficient (Wildman–Crippen LogP) is 4.39. The molecule has 114 valence electrons. The number of benzene rings is 2. The summed E-state index contributed by atoms with van der Waals surface area (Å²) in [6.45, 7) is 5.02. The first-order valence-corrected chi connectivity index (χ1v) is 7.77. The first-order chi connectivity index (χ1) is 10.7. The van der Waals surface area contributed by atoms with E-state index >= 15 is 0 Å². The Morgan fingerprint density at radius 3 is 2.18 bits per heavy atom. The van der Waals surface area contributed by atoms with Gasteiger partial charge in [-0.1, -0.05) is 74.5 Å². The van der Waals surface area contributed by atoms with E-state index in [0.717, 1.165) is 17.5 Å². The molecule has 0 aliphatic rings. The predicted molar refractivity (Wildman–Crippen MR) is 93.2 cm³/mol. The zero-order chi connectivity index (χ0) is 15.8. The molecule has 1 N–H and O–H groups in total. The highest BCUT2D eigenvalue weighted by Gasteiger charge is 2.11. The molecule has 2 heteroatoms. The van der Waals surface area contributed by atoms with E-state index in [1.54, 1.807) is 0 Å². The highest BCUT2D eigenvalue weighted by molar-refractivity contribution is 6.24. The van der Waals surface area contributed by atoms with Gasteiger partial charge in [0.25, 0.3) is 5.91 Å². The second-order valence-electron chi connectivity index (χ2n) is 5.77. The van der Waals surface area contributed by atoms with Crippen LogP contribution in [0, 0.1) is 5.92 Å². The average molecular weight is 293 g/mol. The van der Waals surface area contributed by atoms with Crippen molar-refractivity contribution in [1.82, 2.24) is 5.32 Å². The van der Waals surface area contributed by atoms with Crippen molar-refractivity contribution in [3.05, 3.63) is 71.8 Å². The molecule has 2 aromatic rings. The number of hydrogen-bond acceptors (Lipinski definition) is 1. The Labute approximate surface area is 132 Å². The van der Waals surface area contributed by atoms with E-state index in [4.69, 9.17) is 0 Å². The van der Waals surface area contributed by atoms with Gasteiger partial charge >= 0.3 is 0 Å². The zero-order valence-electron chi connectivity index (χ0n) is 13.3. The molecular formula is C20H23NO. The third-order valence-electron chi connectivity index (χ3n) is 3.45. The lowest BCUT2D eigenvalue weighted by Crippen LogP contribution is -2.26. The topological polar surface area (TPSA) is 29.1 Å². The van der Waals surface area contributed by atoms with Gasteiger partial charge in [-0.25, -0.2) is 0 Å². The lowest BCUT2D eigenvalue weighted by Gasteiger charge is -2.11. The number of carbonyl (C=O) groups is 1. The normalized spacial score (nSPS) is 11.5. The summed E-state index contributed by atoms with van der Waals surface area (Å²) in [7, 11) is 0. The summed E-state index contributed by atoms with van der Waals surface area (Å²) in [6, 6.07) is 19.7. The molecule has 0 fully saturated rings. The average Bonchev–Trinajstić information content (AvgIpc) is 2.54. The molecule has 22 heavy (non-hydrogen) atoms. The van der Waals surface area contributed by atoms with Crippen LogP contribution in [0.1, 0.15) is 31.4 Å². The smallest absolute Gasteiger partial charge is 0.251 e. The van der Waals surface area contributed by atoms with Crippen molar-refractivity contribution in [2.75, 3.05) is 6.54 Å². The van der Waals surface area contributed by atoms with E-state index in [1.807, 2.05) is 66.7 Å². The molecule has 0 aromatic heterocycles. The molecule has 0 radical (unpaired) electrons. The van der Waals surface area contributed by atoms with Gasteiger partial charge in [0.2, 0.25) is 0 Å². The molecule has 0 aliphatic heterocycles. The molecule has 0 unspecified atom stereocenters. The van der Waals surface area contributed by atoms with Crippen LogP contribution in [-0.2, 0) is 4.79 Å². The fourth-order valence-electron chi connectivity index (χ4n) is 2.18. The molecule has 0 spiro atoms. The highest BCUT2D eigenvalue weighted by Crippen LogP contribution is 2.18. The van der Waals surface area contributed by atoms with E-state index in [0.29, 0.717) is 18.0 Å². The van der Waals surface area contributed by atoms with E-state index in [-0.39, 0.29) is 5.91 Å². The van der Waals surface area contributed by atoms with Crippen LogP contribution < -0.4 is 5.32 Å². The van der Waals surface area contributed by atoms with E-state index in [1.165, 1.54) is 0 Å². The maximum atomic E-state index is 12.6. The van der Waals surface area contributed by atoms with Gasteiger partial charge in [-0.05, 0) is 29.5 Å². The minimum atomic E-state index is -0.0179.